The number of hydrogen-bond acceptors (Lipinski definition) is 3. The van der Waals surface area contributed by atoms with Crippen molar-refractivity contribution in [2.45, 2.75) is 32.7 Å². The molecular weight excluding hydrogens is 240 g/mol. The maximum Gasteiger partial charge on any atom is 0.254 e. The number of hydrogen-bond donors (Lipinski definition) is 1. The lowest BCUT2D eigenvalue weighted by molar-refractivity contribution is 0.0362. The lowest BCUT2D eigenvalue weighted by Gasteiger charge is -2.31. The molecule has 1 heterocycles. The molecule has 1 aromatic carbocycles. The van der Waals surface area contributed by atoms with E-state index in [2.05, 4.69) is 0 Å². The first-order valence-electron chi connectivity index (χ1n) is 6.72. The van der Waals surface area contributed by atoms with E-state index >= 15 is 0 Å². The van der Waals surface area contributed by atoms with Gasteiger partial charge in [0.05, 0.1) is 0 Å². The van der Waals surface area contributed by atoms with Gasteiger partial charge in [-0.25, -0.2) is 0 Å². The van der Waals surface area contributed by atoms with Crippen molar-refractivity contribution < 1.29 is 9.53 Å². The normalized spacial score (nSPS) is 16.4. The second-order valence-corrected chi connectivity index (χ2v) is 5.28. The van der Waals surface area contributed by atoms with Crippen molar-refractivity contribution in [1.29, 1.82) is 0 Å². The molecule has 1 aromatic rings. The van der Waals surface area contributed by atoms with E-state index in [0.717, 1.165) is 37.2 Å². The van der Waals surface area contributed by atoms with Gasteiger partial charge in [0, 0.05) is 37.6 Å². The fourth-order valence-corrected chi connectivity index (χ4v) is 2.53. The van der Waals surface area contributed by atoms with Gasteiger partial charge in [-0.05, 0) is 43.9 Å². The Bertz CT molecular complexity index is 479. The Labute approximate surface area is 114 Å². The standard InChI is InChI=1S/C15H22N2O2/c1-10-8-11(2)14(16)9-13(10)15(18)17(3)12-4-6-19-7-5-12/h8-9,12H,4-7,16H2,1-3H3. The molecule has 1 fully saturated rings. The van der Waals surface area contributed by atoms with Gasteiger partial charge in [-0.1, -0.05) is 6.07 Å². The van der Waals surface area contributed by atoms with Crippen molar-refractivity contribution >= 4 is 11.6 Å². The minimum atomic E-state index is 0.0519. The minimum absolute atomic E-state index is 0.0519. The molecule has 2 rings (SSSR count). The molecule has 104 valence electrons. The number of carbonyl (C=O) groups is 1. The topological polar surface area (TPSA) is 55.6 Å². The van der Waals surface area contributed by atoms with Crippen molar-refractivity contribution in [1.82, 2.24) is 4.90 Å². The van der Waals surface area contributed by atoms with E-state index in [4.69, 9.17) is 10.5 Å². The molecule has 4 heteroatoms. The molecule has 1 aliphatic heterocycles. The van der Waals surface area contributed by atoms with E-state index in [-0.39, 0.29) is 11.9 Å². The minimum Gasteiger partial charge on any atom is -0.398 e. The van der Waals surface area contributed by atoms with Crippen molar-refractivity contribution in [3.63, 3.8) is 0 Å². The molecule has 2 N–H and O–H groups in total. The van der Waals surface area contributed by atoms with Crippen LogP contribution in [0.2, 0.25) is 0 Å². The Morgan fingerprint density at radius 3 is 2.53 bits per heavy atom. The van der Waals surface area contributed by atoms with Crippen LogP contribution >= 0.6 is 0 Å². The van der Waals surface area contributed by atoms with Gasteiger partial charge >= 0.3 is 0 Å². The van der Waals surface area contributed by atoms with E-state index in [1.54, 1.807) is 6.07 Å². The van der Waals surface area contributed by atoms with Gasteiger partial charge < -0.3 is 15.4 Å². The number of benzene rings is 1. The van der Waals surface area contributed by atoms with Crippen LogP contribution in [0.1, 0.15) is 34.3 Å². The molecule has 0 bridgehead atoms. The zero-order valence-electron chi connectivity index (χ0n) is 11.9. The first kappa shape index (κ1) is 13.9. The quantitative estimate of drug-likeness (QED) is 0.831. The maximum atomic E-state index is 12.6. The van der Waals surface area contributed by atoms with Crippen molar-refractivity contribution in [3.8, 4) is 0 Å². The summed E-state index contributed by atoms with van der Waals surface area (Å²) in [6.07, 6.45) is 1.81. The lowest BCUT2D eigenvalue weighted by atomic mass is 10.0. The highest BCUT2D eigenvalue weighted by Crippen LogP contribution is 2.21. The molecule has 0 radical (unpaired) electrons. The van der Waals surface area contributed by atoms with Crippen molar-refractivity contribution in [3.05, 3.63) is 28.8 Å². The predicted octanol–water partition coefficient (Wildman–Crippen LogP) is 2.14. The average molecular weight is 262 g/mol. The van der Waals surface area contributed by atoms with Crippen LogP contribution in [0.25, 0.3) is 0 Å². The van der Waals surface area contributed by atoms with E-state index in [1.807, 2.05) is 31.9 Å². The van der Waals surface area contributed by atoms with Crippen LogP contribution in [0.15, 0.2) is 12.1 Å². The van der Waals surface area contributed by atoms with E-state index in [9.17, 15) is 4.79 Å². The molecule has 1 saturated heterocycles. The summed E-state index contributed by atoms with van der Waals surface area (Å²) in [4.78, 5) is 14.4. The van der Waals surface area contributed by atoms with Crippen LogP contribution in [-0.2, 0) is 4.74 Å². The molecule has 1 amide bonds. The van der Waals surface area contributed by atoms with Crippen LogP contribution in [0.5, 0.6) is 0 Å². The number of ether oxygens (including phenoxy) is 1. The Hall–Kier alpha value is -1.55. The van der Waals surface area contributed by atoms with Crippen molar-refractivity contribution in [2.75, 3.05) is 26.0 Å². The van der Waals surface area contributed by atoms with Gasteiger partial charge in [0.2, 0.25) is 0 Å². The largest absolute Gasteiger partial charge is 0.398 e. The summed E-state index contributed by atoms with van der Waals surface area (Å²) in [5.41, 5.74) is 9.29. The molecule has 1 aliphatic rings. The van der Waals surface area contributed by atoms with Crippen LogP contribution in [-0.4, -0.2) is 37.1 Å². The van der Waals surface area contributed by atoms with Crippen LogP contribution < -0.4 is 5.73 Å². The van der Waals surface area contributed by atoms with Gasteiger partial charge in [0.1, 0.15) is 0 Å². The zero-order valence-corrected chi connectivity index (χ0v) is 11.9. The lowest BCUT2D eigenvalue weighted by Crippen LogP contribution is -2.40. The first-order chi connectivity index (χ1) is 9.00. The summed E-state index contributed by atoms with van der Waals surface area (Å²) in [7, 11) is 1.87. The number of aryl methyl sites for hydroxylation is 2. The number of anilines is 1. The summed E-state index contributed by atoms with van der Waals surface area (Å²) in [5.74, 6) is 0.0519. The van der Waals surface area contributed by atoms with Gasteiger partial charge in [-0.15, -0.1) is 0 Å². The van der Waals surface area contributed by atoms with Gasteiger partial charge in [-0.2, -0.15) is 0 Å². The highest BCUT2D eigenvalue weighted by Gasteiger charge is 2.24. The molecule has 19 heavy (non-hydrogen) atoms. The summed E-state index contributed by atoms with van der Waals surface area (Å²) in [6, 6.07) is 4.03. The Balaban J connectivity index is 2.21. The monoisotopic (exact) mass is 262 g/mol. The third kappa shape index (κ3) is 2.89. The highest BCUT2D eigenvalue weighted by molar-refractivity contribution is 5.96. The second kappa shape index (κ2) is 5.61. The Morgan fingerprint density at radius 1 is 1.26 bits per heavy atom. The van der Waals surface area contributed by atoms with E-state index in [1.165, 1.54) is 0 Å². The van der Waals surface area contributed by atoms with Gasteiger partial charge in [0.25, 0.3) is 5.91 Å². The SMILES string of the molecule is Cc1cc(C)c(C(=O)N(C)C2CCOCC2)cc1N. The second-order valence-electron chi connectivity index (χ2n) is 5.28. The molecule has 0 aromatic heterocycles. The van der Waals surface area contributed by atoms with Crippen molar-refractivity contribution in [2.24, 2.45) is 0 Å². The van der Waals surface area contributed by atoms with Crippen LogP contribution in [0.3, 0.4) is 0 Å². The van der Waals surface area contributed by atoms with E-state index in [0.29, 0.717) is 11.3 Å². The van der Waals surface area contributed by atoms with Gasteiger partial charge in [0.15, 0.2) is 0 Å². The summed E-state index contributed by atoms with van der Waals surface area (Å²) in [6.45, 7) is 5.38. The maximum absolute atomic E-state index is 12.6. The number of nitrogen functional groups attached to an aromatic ring is 1. The summed E-state index contributed by atoms with van der Waals surface area (Å²) in [5, 5.41) is 0. The molecule has 0 aliphatic carbocycles. The van der Waals surface area contributed by atoms with Gasteiger partial charge in [-0.3, -0.25) is 4.79 Å². The third-order valence-corrected chi connectivity index (χ3v) is 3.90. The molecule has 4 nitrogen and oxygen atoms in total. The van der Waals surface area contributed by atoms with E-state index < -0.39 is 0 Å². The number of amides is 1. The average Bonchev–Trinajstić information content (AvgIpc) is 2.42. The number of nitrogens with zero attached hydrogens (tertiary/aromatic N) is 1. The number of rotatable bonds is 2. The molecular formula is C15H22N2O2. The van der Waals surface area contributed by atoms with Crippen LogP contribution in [0, 0.1) is 13.8 Å². The molecule has 0 atom stereocenters. The molecule has 0 spiro atoms. The number of nitrogens with two attached hydrogens (primary N) is 1. The molecule has 0 saturated carbocycles. The third-order valence-electron chi connectivity index (χ3n) is 3.90. The highest BCUT2D eigenvalue weighted by atomic mass is 16.5. The Kier molecular flexibility index (Phi) is 4.10. The first-order valence-corrected chi connectivity index (χ1v) is 6.72. The zero-order chi connectivity index (χ0) is 14.0. The fourth-order valence-electron chi connectivity index (χ4n) is 2.53. The number of carbonyl (C=O) groups excluding carboxylic acids is 1. The predicted molar refractivity (Wildman–Crippen MR) is 76.3 cm³/mol. The summed E-state index contributed by atoms with van der Waals surface area (Å²) >= 11 is 0. The fraction of sp³-hybridized carbons (Fsp3) is 0.533. The van der Waals surface area contributed by atoms with Crippen LogP contribution in [0.4, 0.5) is 5.69 Å². The smallest absolute Gasteiger partial charge is 0.254 e. The molecule has 0 unspecified atom stereocenters. The Morgan fingerprint density at radius 2 is 1.89 bits per heavy atom. The summed E-state index contributed by atoms with van der Waals surface area (Å²) < 4.78 is 5.34.